The zero-order valence-corrected chi connectivity index (χ0v) is 13.9. The minimum absolute atomic E-state index is 0.152. The van der Waals surface area contributed by atoms with Crippen molar-refractivity contribution in [2.45, 2.75) is 18.6 Å². The molecule has 0 amide bonds. The molecule has 0 saturated carbocycles. The average molecular weight is 348 g/mol. The summed E-state index contributed by atoms with van der Waals surface area (Å²) in [6.07, 6.45) is -0.102. The summed E-state index contributed by atoms with van der Waals surface area (Å²) in [5.74, 6) is -0.937. The first-order chi connectivity index (χ1) is 12.1. The van der Waals surface area contributed by atoms with Crippen LogP contribution < -0.4 is 15.0 Å². The molecular formula is C19H22F2N2O2. The second-order valence-electron chi connectivity index (χ2n) is 6.12. The quantitative estimate of drug-likeness (QED) is 0.842. The summed E-state index contributed by atoms with van der Waals surface area (Å²) in [7, 11) is 0. The number of anilines is 1. The molecule has 0 aliphatic carbocycles. The van der Waals surface area contributed by atoms with Gasteiger partial charge in [0.1, 0.15) is 5.75 Å². The number of hydrogen-bond acceptors (Lipinski definition) is 4. The Morgan fingerprint density at radius 1 is 1.16 bits per heavy atom. The van der Waals surface area contributed by atoms with Gasteiger partial charge in [0.2, 0.25) is 0 Å². The summed E-state index contributed by atoms with van der Waals surface area (Å²) in [6.45, 7) is 2.28. The average Bonchev–Trinajstić information content (AvgIpc) is 2.65. The summed E-state index contributed by atoms with van der Waals surface area (Å²) >= 11 is 0. The number of nitrogens with zero attached hydrogens (tertiary/aromatic N) is 1. The minimum Gasteiger partial charge on any atom is -0.493 e. The van der Waals surface area contributed by atoms with Crippen LogP contribution in [0.25, 0.3) is 0 Å². The molecule has 1 saturated heterocycles. The fraction of sp³-hybridized carbons (Fsp3) is 0.368. The summed E-state index contributed by atoms with van der Waals surface area (Å²) < 4.78 is 32.1. The second-order valence-corrected chi connectivity index (χ2v) is 6.12. The molecule has 0 radical (unpaired) electrons. The van der Waals surface area contributed by atoms with Gasteiger partial charge in [-0.1, -0.05) is 18.2 Å². The third-order valence-electron chi connectivity index (χ3n) is 4.36. The number of hydrogen-bond donors (Lipinski definition) is 2. The molecule has 6 heteroatoms. The normalized spacial score (nSPS) is 18.8. The highest BCUT2D eigenvalue weighted by atomic mass is 19.2. The zero-order valence-electron chi connectivity index (χ0n) is 13.9. The summed E-state index contributed by atoms with van der Waals surface area (Å²) in [5, 5.41) is 13.7. The third kappa shape index (κ3) is 4.67. The lowest BCUT2D eigenvalue weighted by molar-refractivity contribution is 0.0977. The van der Waals surface area contributed by atoms with Crippen LogP contribution in [-0.2, 0) is 0 Å². The van der Waals surface area contributed by atoms with Crippen LogP contribution in [0, 0.1) is 11.6 Å². The molecule has 2 aromatic carbocycles. The highest BCUT2D eigenvalue weighted by molar-refractivity contribution is 5.47. The molecule has 2 atom stereocenters. The maximum atomic E-state index is 13.4. The maximum Gasteiger partial charge on any atom is 0.160 e. The van der Waals surface area contributed by atoms with Gasteiger partial charge in [0.05, 0.1) is 18.8 Å². The van der Waals surface area contributed by atoms with E-state index in [0.29, 0.717) is 38.3 Å². The fourth-order valence-electron chi connectivity index (χ4n) is 2.97. The SMILES string of the molecule is O[C@@H](CCOc1ccccc1)[C@@H]1CN(c2ccc(F)c(F)c2)CCN1. The maximum absolute atomic E-state index is 13.4. The number of aliphatic hydroxyl groups excluding tert-OH is 1. The Kier molecular flexibility index (Phi) is 5.83. The van der Waals surface area contributed by atoms with E-state index >= 15 is 0 Å². The minimum atomic E-state index is -0.857. The fourth-order valence-corrected chi connectivity index (χ4v) is 2.97. The molecular weight excluding hydrogens is 326 g/mol. The molecule has 1 aliphatic rings. The van der Waals surface area contributed by atoms with Crippen LogP contribution in [0.1, 0.15) is 6.42 Å². The molecule has 134 valence electrons. The lowest BCUT2D eigenvalue weighted by atomic mass is 10.0. The van der Waals surface area contributed by atoms with Gasteiger partial charge in [-0.25, -0.2) is 8.78 Å². The third-order valence-corrected chi connectivity index (χ3v) is 4.36. The van der Waals surface area contributed by atoms with Crippen molar-refractivity contribution in [1.82, 2.24) is 5.32 Å². The van der Waals surface area contributed by atoms with Crippen molar-refractivity contribution in [1.29, 1.82) is 0 Å². The van der Waals surface area contributed by atoms with Gasteiger partial charge in [0, 0.05) is 37.8 Å². The number of ether oxygens (including phenoxy) is 1. The predicted octanol–water partition coefficient (Wildman–Crippen LogP) is 2.57. The number of piperazine rings is 1. The molecule has 4 nitrogen and oxygen atoms in total. The van der Waals surface area contributed by atoms with Gasteiger partial charge in [-0.2, -0.15) is 0 Å². The molecule has 2 aromatic rings. The van der Waals surface area contributed by atoms with E-state index in [0.717, 1.165) is 11.8 Å². The molecule has 0 spiro atoms. The molecule has 0 bridgehead atoms. The number of nitrogens with one attached hydrogen (secondary N) is 1. The van der Waals surface area contributed by atoms with Gasteiger partial charge in [0.25, 0.3) is 0 Å². The van der Waals surface area contributed by atoms with Crippen LogP contribution in [0.5, 0.6) is 5.75 Å². The summed E-state index contributed by atoms with van der Waals surface area (Å²) in [5.41, 5.74) is 0.623. The van der Waals surface area contributed by atoms with Gasteiger partial charge in [-0.3, -0.25) is 0 Å². The van der Waals surface area contributed by atoms with E-state index in [1.807, 2.05) is 35.2 Å². The van der Waals surface area contributed by atoms with E-state index in [9.17, 15) is 13.9 Å². The highest BCUT2D eigenvalue weighted by Crippen LogP contribution is 2.20. The van der Waals surface area contributed by atoms with Crippen LogP contribution >= 0.6 is 0 Å². The molecule has 2 N–H and O–H groups in total. The van der Waals surface area contributed by atoms with Crippen molar-refractivity contribution in [3.8, 4) is 5.75 Å². The monoisotopic (exact) mass is 348 g/mol. The molecule has 1 heterocycles. The van der Waals surface area contributed by atoms with Crippen molar-refractivity contribution in [3.05, 3.63) is 60.2 Å². The van der Waals surface area contributed by atoms with Crippen LogP contribution in [0.4, 0.5) is 14.5 Å². The van der Waals surface area contributed by atoms with E-state index in [1.165, 1.54) is 6.07 Å². The zero-order chi connectivity index (χ0) is 17.6. The van der Waals surface area contributed by atoms with E-state index in [2.05, 4.69) is 5.32 Å². The summed E-state index contributed by atoms with van der Waals surface area (Å²) in [6, 6.07) is 13.2. The standard InChI is InChI=1S/C19H22F2N2O2/c20-16-7-6-14(12-17(16)21)23-10-9-22-18(13-23)19(24)8-11-25-15-4-2-1-3-5-15/h1-7,12,18-19,22,24H,8-11,13H2/t18-,19-/m0/s1. The Bertz CT molecular complexity index is 684. The first-order valence-electron chi connectivity index (χ1n) is 8.43. The molecule has 1 aliphatic heterocycles. The first-order valence-corrected chi connectivity index (χ1v) is 8.43. The highest BCUT2D eigenvalue weighted by Gasteiger charge is 2.26. The Morgan fingerprint density at radius 2 is 1.96 bits per heavy atom. The van der Waals surface area contributed by atoms with Gasteiger partial charge in [-0.05, 0) is 24.3 Å². The lowest BCUT2D eigenvalue weighted by Crippen LogP contribution is -2.56. The molecule has 0 aromatic heterocycles. The molecule has 3 rings (SSSR count). The first kappa shape index (κ1) is 17.6. The number of benzene rings is 2. The second kappa shape index (κ2) is 8.27. The Hall–Kier alpha value is -2.18. The van der Waals surface area contributed by atoms with E-state index in [1.54, 1.807) is 6.07 Å². The van der Waals surface area contributed by atoms with E-state index in [4.69, 9.17) is 4.74 Å². The van der Waals surface area contributed by atoms with Crippen molar-refractivity contribution in [3.63, 3.8) is 0 Å². The number of halogens is 2. The van der Waals surface area contributed by atoms with Crippen LogP contribution in [0.15, 0.2) is 48.5 Å². The smallest absolute Gasteiger partial charge is 0.160 e. The lowest BCUT2D eigenvalue weighted by Gasteiger charge is -2.37. The largest absolute Gasteiger partial charge is 0.493 e. The van der Waals surface area contributed by atoms with Crippen molar-refractivity contribution < 1.29 is 18.6 Å². The van der Waals surface area contributed by atoms with E-state index < -0.39 is 17.7 Å². The number of rotatable bonds is 6. The van der Waals surface area contributed by atoms with Crippen LogP contribution in [0.3, 0.4) is 0 Å². The molecule has 0 unspecified atom stereocenters. The van der Waals surface area contributed by atoms with Crippen LogP contribution in [0.2, 0.25) is 0 Å². The van der Waals surface area contributed by atoms with Crippen molar-refractivity contribution >= 4 is 5.69 Å². The topological polar surface area (TPSA) is 44.7 Å². The van der Waals surface area contributed by atoms with E-state index in [-0.39, 0.29) is 6.04 Å². The van der Waals surface area contributed by atoms with Gasteiger partial charge in [0.15, 0.2) is 11.6 Å². The van der Waals surface area contributed by atoms with Gasteiger partial charge >= 0.3 is 0 Å². The molecule has 25 heavy (non-hydrogen) atoms. The Balaban J connectivity index is 1.52. The Labute approximate surface area is 146 Å². The van der Waals surface area contributed by atoms with Crippen LogP contribution in [-0.4, -0.2) is 43.5 Å². The number of aliphatic hydroxyl groups is 1. The predicted molar refractivity (Wildman–Crippen MR) is 92.9 cm³/mol. The van der Waals surface area contributed by atoms with Gasteiger partial charge < -0.3 is 20.1 Å². The van der Waals surface area contributed by atoms with Crippen molar-refractivity contribution in [2.24, 2.45) is 0 Å². The molecule has 1 fully saturated rings. The Morgan fingerprint density at radius 3 is 2.72 bits per heavy atom. The van der Waals surface area contributed by atoms with Crippen molar-refractivity contribution in [2.75, 3.05) is 31.1 Å². The van der Waals surface area contributed by atoms with Gasteiger partial charge in [-0.15, -0.1) is 0 Å². The summed E-state index contributed by atoms with van der Waals surface area (Å²) in [4.78, 5) is 1.95. The number of para-hydroxylation sites is 1.